The average Bonchev–Trinajstić information content (AvgIpc) is 3.10. The second kappa shape index (κ2) is 8.83. The normalized spacial score (nSPS) is 14.2. The van der Waals surface area contributed by atoms with Crippen molar-refractivity contribution in [3.63, 3.8) is 0 Å². The molecule has 0 unspecified atom stereocenters. The van der Waals surface area contributed by atoms with E-state index in [9.17, 15) is 4.79 Å². The summed E-state index contributed by atoms with van der Waals surface area (Å²) in [6.45, 7) is 4.48. The minimum absolute atomic E-state index is 0.0943. The largest absolute Gasteiger partial charge is 0.489 e. The van der Waals surface area contributed by atoms with Crippen molar-refractivity contribution >= 4 is 17.9 Å². The van der Waals surface area contributed by atoms with Gasteiger partial charge in [0, 0.05) is 5.56 Å². The van der Waals surface area contributed by atoms with Crippen molar-refractivity contribution in [2.45, 2.75) is 20.3 Å². The van der Waals surface area contributed by atoms with Crippen LogP contribution in [0, 0.1) is 6.92 Å². The van der Waals surface area contributed by atoms with E-state index in [0.717, 1.165) is 23.1 Å². The molecule has 30 heavy (non-hydrogen) atoms. The van der Waals surface area contributed by atoms with Crippen molar-refractivity contribution in [1.82, 2.24) is 0 Å². The highest BCUT2D eigenvalue weighted by Crippen LogP contribution is 2.39. The van der Waals surface area contributed by atoms with Gasteiger partial charge in [-0.3, -0.25) is 4.79 Å². The Balaban J connectivity index is 1.48. The van der Waals surface area contributed by atoms with Crippen LogP contribution in [0.25, 0.3) is 12.2 Å². The monoisotopic (exact) mass is 396 g/mol. The molecule has 3 aromatic carbocycles. The van der Waals surface area contributed by atoms with Gasteiger partial charge in [0.05, 0.1) is 5.56 Å². The van der Waals surface area contributed by atoms with Crippen LogP contribution in [0.4, 0.5) is 0 Å². The summed E-state index contributed by atoms with van der Waals surface area (Å²) in [4.78, 5) is 12.8. The number of hydrogen-bond acceptors (Lipinski definition) is 3. The maximum absolute atomic E-state index is 12.8. The molecule has 0 N–H and O–H groups in total. The third kappa shape index (κ3) is 4.20. The first-order valence-corrected chi connectivity index (χ1v) is 10.2. The quantitative estimate of drug-likeness (QED) is 0.461. The molecule has 0 saturated heterocycles. The highest BCUT2D eigenvalue weighted by Gasteiger charge is 2.30. The fourth-order valence-corrected chi connectivity index (χ4v) is 3.41. The minimum Gasteiger partial charge on any atom is -0.489 e. The highest BCUT2D eigenvalue weighted by molar-refractivity contribution is 6.14. The number of benzene rings is 3. The molecule has 3 aromatic rings. The van der Waals surface area contributed by atoms with Gasteiger partial charge in [0.25, 0.3) is 0 Å². The fraction of sp³-hybridized carbons (Fsp3) is 0.148. The molecule has 150 valence electrons. The Labute approximate surface area is 177 Å². The Bertz CT molecular complexity index is 1110. The van der Waals surface area contributed by atoms with Crippen molar-refractivity contribution in [3.8, 4) is 11.5 Å². The van der Waals surface area contributed by atoms with Crippen LogP contribution in [0.2, 0.25) is 0 Å². The smallest absolute Gasteiger partial charge is 0.231 e. The summed E-state index contributed by atoms with van der Waals surface area (Å²) in [7, 11) is 0. The van der Waals surface area contributed by atoms with Crippen molar-refractivity contribution in [2.75, 3.05) is 6.61 Å². The number of carbonyl (C=O) groups is 1. The Morgan fingerprint density at radius 2 is 1.70 bits per heavy atom. The molecule has 0 saturated carbocycles. The maximum Gasteiger partial charge on any atom is 0.231 e. The standard InChI is InChI=1S/C27H24O3/c1-3-20-11-13-22(14-12-20)18-25-26(28)23-15-16-24(19(2)27(23)30-25)29-17-7-10-21-8-5-4-6-9-21/h4-16,18H,3,17H2,1-2H3/b10-7+,25-18-. The summed E-state index contributed by atoms with van der Waals surface area (Å²) < 4.78 is 11.8. The van der Waals surface area contributed by atoms with E-state index in [0.29, 0.717) is 29.4 Å². The lowest BCUT2D eigenvalue weighted by Gasteiger charge is -2.10. The second-order valence-corrected chi connectivity index (χ2v) is 7.22. The van der Waals surface area contributed by atoms with Crippen molar-refractivity contribution < 1.29 is 14.3 Å². The molecule has 0 bridgehead atoms. The summed E-state index contributed by atoms with van der Waals surface area (Å²) in [6, 6.07) is 21.8. The summed E-state index contributed by atoms with van der Waals surface area (Å²) in [5, 5.41) is 0. The van der Waals surface area contributed by atoms with Crippen LogP contribution in [-0.2, 0) is 6.42 Å². The number of Topliss-reactive ketones (excluding diaryl/α,β-unsaturated/α-hetero) is 1. The van der Waals surface area contributed by atoms with E-state index in [1.807, 2.05) is 67.6 Å². The van der Waals surface area contributed by atoms with E-state index < -0.39 is 0 Å². The lowest BCUT2D eigenvalue weighted by atomic mass is 10.0. The number of hydrogen-bond donors (Lipinski definition) is 0. The van der Waals surface area contributed by atoms with Gasteiger partial charge in [-0.15, -0.1) is 0 Å². The molecule has 0 aromatic heterocycles. The van der Waals surface area contributed by atoms with Gasteiger partial charge in [0.2, 0.25) is 5.78 Å². The van der Waals surface area contributed by atoms with Gasteiger partial charge >= 0.3 is 0 Å². The molecule has 4 rings (SSSR count). The summed E-state index contributed by atoms with van der Waals surface area (Å²) >= 11 is 0. The molecule has 0 amide bonds. The van der Waals surface area contributed by atoms with Gasteiger partial charge in [0.1, 0.15) is 18.1 Å². The van der Waals surface area contributed by atoms with Crippen LogP contribution >= 0.6 is 0 Å². The number of ether oxygens (including phenoxy) is 2. The number of carbonyl (C=O) groups excluding carboxylic acids is 1. The lowest BCUT2D eigenvalue weighted by molar-refractivity contribution is 0.101. The fourth-order valence-electron chi connectivity index (χ4n) is 3.41. The van der Waals surface area contributed by atoms with E-state index in [1.165, 1.54) is 5.56 Å². The maximum atomic E-state index is 12.8. The first-order valence-electron chi connectivity index (χ1n) is 10.2. The molecule has 1 aliphatic heterocycles. The Morgan fingerprint density at radius 1 is 0.933 bits per heavy atom. The van der Waals surface area contributed by atoms with Crippen LogP contribution in [0.5, 0.6) is 11.5 Å². The molecule has 0 atom stereocenters. The van der Waals surface area contributed by atoms with Gasteiger partial charge in [-0.05, 0) is 54.3 Å². The molecule has 0 aliphatic carbocycles. The molecular weight excluding hydrogens is 372 g/mol. The van der Waals surface area contributed by atoms with Crippen molar-refractivity contribution in [3.05, 3.63) is 106 Å². The van der Waals surface area contributed by atoms with Crippen LogP contribution in [0.3, 0.4) is 0 Å². The van der Waals surface area contributed by atoms with E-state index in [1.54, 1.807) is 12.1 Å². The molecule has 0 fully saturated rings. The van der Waals surface area contributed by atoms with Gasteiger partial charge in [-0.1, -0.05) is 67.6 Å². The van der Waals surface area contributed by atoms with Crippen molar-refractivity contribution in [1.29, 1.82) is 0 Å². The zero-order valence-electron chi connectivity index (χ0n) is 17.2. The van der Waals surface area contributed by atoms with Gasteiger partial charge < -0.3 is 9.47 Å². The molecule has 1 aliphatic rings. The van der Waals surface area contributed by atoms with Crippen molar-refractivity contribution in [2.24, 2.45) is 0 Å². The summed E-state index contributed by atoms with van der Waals surface area (Å²) in [5.74, 6) is 1.55. The molecule has 0 radical (unpaired) electrons. The number of allylic oxidation sites excluding steroid dienone is 1. The lowest BCUT2D eigenvalue weighted by Crippen LogP contribution is -1.98. The molecule has 3 nitrogen and oxygen atoms in total. The van der Waals surface area contributed by atoms with E-state index >= 15 is 0 Å². The Hall–Kier alpha value is -3.59. The SMILES string of the molecule is CCc1ccc(/C=C2\Oc3c(ccc(OC/C=C/c4ccccc4)c3C)C2=O)cc1. The van der Waals surface area contributed by atoms with Crippen LogP contribution < -0.4 is 9.47 Å². The van der Waals surface area contributed by atoms with E-state index in [-0.39, 0.29) is 5.78 Å². The minimum atomic E-state index is -0.0943. The zero-order valence-corrected chi connectivity index (χ0v) is 17.2. The number of fused-ring (bicyclic) bond motifs is 1. The highest BCUT2D eigenvalue weighted by atomic mass is 16.5. The third-order valence-corrected chi connectivity index (χ3v) is 5.17. The molecular formula is C27H24O3. The van der Waals surface area contributed by atoms with Gasteiger partial charge in [0.15, 0.2) is 5.76 Å². The molecule has 1 heterocycles. The summed E-state index contributed by atoms with van der Waals surface area (Å²) in [6.07, 6.45) is 6.78. The third-order valence-electron chi connectivity index (χ3n) is 5.17. The average molecular weight is 396 g/mol. The summed E-state index contributed by atoms with van der Waals surface area (Å²) in [5.41, 5.74) is 4.75. The predicted octanol–water partition coefficient (Wildman–Crippen LogP) is 6.27. The Morgan fingerprint density at radius 3 is 2.43 bits per heavy atom. The zero-order chi connectivity index (χ0) is 20.9. The number of rotatable bonds is 6. The first-order chi connectivity index (χ1) is 14.7. The van der Waals surface area contributed by atoms with E-state index in [4.69, 9.17) is 9.47 Å². The Kier molecular flexibility index (Phi) is 5.80. The van der Waals surface area contributed by atoms with Crippen LogP contribution in [-0.4, -0.2) is 12.4 Å². The molecule has 0 spiro atoms. The van der Waals surface area contributed by atoms with Gasteiger partial charge in [-0.2, -0.15) is 0 Å². The second-order valence-electron chi connectivity index (χ2n) is 7.22. The topological polar surface area (TPSA) is 35.5 Å². The number of ketones is 1. The first kappa shape index (κ1) is 19.7. The van der Waals surface area contributed by atoms with Crippen LogP contribution in [0.1, 0.15) is 39.5 Å². The van der Waals surface area contributed by atoms with Gasteiger partial charge in [-0.25, -0.2) is 0 Å². The number of aryl methyl sites for hydroxylation is 1. The van der Waals surface area contributed by atoms with E-state index in [2.05, 4.69) is 19.1 Å². The van der Waals surface area contributed by atoms with Crippen LogP contribution in [0.15, 0.2) is 78.6 Å². The predicted molar refractivity (Wildman–Crippen MR) is 121 cm³/mol. The molecule has 3 heteroatoms.